The average Bonchev–Trinajstić information content (AvgIpc) is 3.80. The van der Waals surface area contributed by atoms with Crippen molar-refractivity contribution in [2.45, 2.75) is 26.7 Å². The van der Waals surface area contributed by atoms with E-state index in [2.05, 4.69) is 188 Å². The van der Waals surface area contributed by atoms with Crippen molar-refractivity contribution in [2.75, 3.05) is 0 Å². The topological polar surface area (TPSA) is 17.3 Å². The van der Waals surface area contributed by atoms with E-state index in [1.54, 1.807) is 0 Å². The number of pyridine rings is 1. The minimum absolute atomic E-state index is 0. The summed E-state index contributed by atoms with van der Waals surface area (Å²) in [4.78, 5) is 4.86. The third-order valence-corrected chi connectivity index (χ3v) is 12.8. The van der Waals surface area contributed by atoms with Gasteiger partial charge in [0, 0.05) is 23.4 Å². The van der Waals surface area contributed by atoms with Gasteiger partial charge in [0.05, 0.1) is 5.69 Å². The molecule has 59 heavy (non-hydrogen) atoms. The number of imidazole rings is 1. The molecule has 0 saturated carbocycles. The minimum Gasteiger partial charge on any atom is -0.306 e. The molecule has 0 N–H and O–H groups in total. The van der Waals surface area contributed by atoms with Gasteiger partial charge >= 0.3 is 0 Å². The summed E-state index contributed by atoms with van der Waals surface area (Å²) in [6, 6.07) is 67.5. The third-order valence-electron chi connectivity index (χ3n) is 12.8. The Morgan fingerprint density at radius 3 is 1.58 bits per heavy atom. The monoisotopic (exact) mass is 754 g/mol. The second-order valence-corrected chi connectivity index (χ2v) is 16.4. The highest BCUT2D eigenvalue weighted by atomic mass is 15.0. The van der Waals surface area contributed by atoms with Crippen LogP contribution in [0.15, 0.2) is 194 Å². The van der Waals surface area contributed by atoms with E-state index in [1.807, 2.05) is 24.4 Å². The zero-order chi connectivity index (χ0) is 38.5. The van der Waals surface area contributed by atoms with E-state index in [1.165, 1.54) is 98.7 Å². The molecule has 0 amide bonds. The quantitative estimate of drug-likeness (QED) is 0.164. The second-order valence-electron chi connectivity index (χ2n) is 16.4. The van der Waals surface area contributed by atoms with Crippen molar-refractivity contribution in [3.63, 3.8) is 0 Å². The summed E-state index contributed by atoms with van der Waals surface area (Å²) in [7, 11) is 0. The maximum Gasteiger partial charge on any atom is 0.137 e. The van der Waals surface area contributed by atoms with E-state index >= 15 is 0 Å². The molecule has 2 heteroatoms. The minimum atomic E-state index is -0.208. The van der Waals surface area contributed by atoms with Gasteiger partial charge in [-0.25, -0.2) is 4.98 Å². The van der Waals surface area contributed by atoms with Crippen LogP contribution in [0.2, 0.25) is 0 Å². The summed E-state index contributed by atoms with van der Waals surface area (Å²) in [6.45, 7) is 4.81. The Morgan fingerprint density at radius 1 is 0.407 bits per heavy atom. The van der Waals surface area contributed by atoms with E-state index in [9.17, 15) is 0 Å². The lowest BCUT2D eigenvalue weighted by molar-refractivity contribution is 0.661. The highest BCUT2D eigenvalue weighted by Gasteiger charge is 2.37. The van der Waals surface area contributed by atoms with Gasteiger partial charge in [0.25, 0.3) is 0 Å². The summed E-state index contributed by atoms with van der Waals surface area (Å²) in [5, 5.41) is 10.1. The number of hydrogen-bond donors (Lipinski definition) is 0. The van der Waals surface area contributed by atoms with Crippen LogP contribution in [0.3, 0.4) is 0 Å². The van der Waals surface area contributed by atoms with Gasteiger partial charge in [-0.15, -0.1) is 0 Å². The highest BCUT2D eigenvalue weighted by molar-refractivity contribution is 6.23. The second kappa shape index (κ2) is 13.1. The molecule has 1 aliphatic rings. The van der Waals surface area contributed by atoms with Gasteiger partial charge in [-0.3, -0.25) is 0 Å². The molecule has 0 fully saturated rings. The Balaban J connectivity index is 0.00000397. The normalized spacial score (nSPS) is 12.9. The summed E-state index contributed by atoms with van der Waals surface area (Å²) in [6.07, 6.45) is 4.15. The predicted octanol–water partition coefficient (Wildman–Crippen LogP) is 15.6. The van der Waals surface area contributed by atoms with Crippen molar-refractivity contribution in [1.82, 2.24) is 9.38 Å². The van der Waals surface area contributed by atoms with Gasteiger partial charge in [-0.2, -0.15) is 0 Å². The summed E-state index contributed by atoms with van der Waals surface area (Å²) >= 11 is 0. The Bertz CT molecular complexity index is 3440. The number of hydrogen-bond acceptors (Lipinski definition) is 1. The fourth-order valence-electron chi connectivity index (χ4n) is 9.80. The van der Waals surface area contributed by atoms with E-state index in [-0.39, 0.29) is 12.8 Å². The fraction of sp³-hybridized carbons (Fsp3) is 0.0702. The molecule has 280 valence electrons. The number of aromatic nitrogens is 2. The standard InChI is InChI=1S/C56H38N2.CH4/c1-56(2)50-31-41(37-18-22-38(23-19-37)52-34-58-28-10-9-17-53(58)57-52)26-27-44(50)47-32-48-49(33-51(47)56)55(43-25-21-36-12-4-6-14-40(36)30-43)46-16-8-7-15-45(46)54(48)42-24-20-35-11-3-5-13-39(35)29-42;/h3-34H,1-2H3;1H4. The predicted molar refractivity (Wildman–Crippen MR) is 251 cm³/mol. The Kier molecular flexibility index (Phi) is 7.77. The first-order chi connectivity index (χ1) is 28.5. The van der Waals surface area contributed by atoms with Crippen molar-refractivity contribution in [2.24, 2.45) is 0 Å². The maximum absolute atomic E-state index is 4.86. The molecule has 2 heterocycles. The molecule has 0 radical (unpaired) electrons. The molecule has 9 aromatic carbocycles. The molecule has 11 aromatic rings. The van der Waals surface area contributed by atoms with Crippen LogP contribution in [0.4, 0.5) is 0 Å². The van der Waals surface area contributed by atoms with Gasteiger partial charge in [0.1, 0.15) is 5.65 Å². The van der Waals surface area contributed by atoms with E-state index in [0.29, 0.717) is 0 Å². The van der Waals surface area contributed by atoms with Crippen molar-refractivity contribution >= 4 is 48.7 Å². The summed E-state index contributed by atoms with van der Waals surface area (Å²) in [5.41, 5.74) is 15.7. The Hall–Kier alpha value is -7.29. The first-order valence-corrected chi connectivity index (χ1v) is 20.2. The lowest BCUT2D eigenvalue weighted by atomic mass is 9.79. The van der Waals surface area contributed by atoms with Gasteiger partial charge in [0.15, 0.2) is 0 Å². The van der Waals surface area contributed by atoms with Crippen LogP contribution in [0.5, 0.6) is 0 Å². The molecule has 0 spiro atoms. The van der Waals surface area contributed by atoms with Gasteiger partial charge in [-0.1, -0.05) is 161 Å². The molecule has 0 bridgehead atoms. The molecule has 12 rings (SSSR count). The zero-order valence-electron chi connectivity index (χ0n) is 32.4. The lowest BCUT2D eigenvalue weighted by Gasteiger charge is -2.24. The zero-order valence-corrected chi connectivity index (χ0v) is 32.4. The van der Waals surface area contributed by atoms with Crippen molar-refractivity contribution in [3.05, 3.63) is 206 Å². The molecule has 2 nitrogen and oxygen atoms in total. The molecular formula is C57H42N2. The number of nitrogens with zero attached hydrogens (tertiary/aromatic N) is 2. The van der Waals surface area contributed by atoms with Gasteiger partial charge < -0.3 is 4.40 Å². The summed E-state index contributed by atoms with van der Waals surface area (Å²) in [5.74, 6) is 0. The Labute approximate surface area is 344 Å². The van der Waals surface area contributed by atoms with Crippen molar-refractivity contribution in [1.29, 1.82) is 0 Å². The maximum atomic E-state index is 4.86. The first-order valence-electron chi connectivity index (χ1n) is 20.2. The van der Waals surface area contributed by atoms with Gasteiger partial charge in [0.2, 0.25) is 0 Å². The van der Waals surface area contributed by atoms with Crippen LogP contribution in [-0.4, -0.2) is 9.38 Å². The molecule has 1 aliphatic carbocycles. The van der Waals surface area contributed by atoms with Crippen LogP contribution in [0.25, 0.3) is 105 Å². The van der Waals surface area contributed by atoms with E-state index in [0.717, 1.165) is 16.9 Å². The first kappa shape index (κ1) is 34.9. The SMILES string of the molecule is C.CC1(C)c2cc(-c3ccc(-c4cn5ccccc5n4)cc3)ccc2-c2cc3c(-c4ccc5ccccc5c4)c4ccccc4c(-c4ccc5ccccc5c4)c3cc21. The van der Waals surface area contributed by atoms with Crippen LogP contribution < -0.4 is 0 Å². The summed E-state index contributed by atoms with van der Waals surface area (Å²) < 4.78 is 2.07. The molecule has 0 saturated heterocycles. The van der Waals surface area contributed by atoms with Crippen LogP contribution in [-0.2, 0) is 5.41 Å². The number of benzene rings is 9. The average molecular weight is 755 g/mol. The Morgan fingerprint density at radius 2 is 0.932 bits per heavy atom. The van der Waals surface area contributed by atoms with Crippen molar-refractivity contribution < 1.29 is 0 Å². The van der Waals surface area contributed by atoms with Crippen LogP contribution in [0.1, 0.15) is 32.4 Å². The molecule has 0 atom stereocenters. The smallest absolute Gasteiger partial charge is 0.137 e. The number of rotatable bonds is 4. The molecule has 0 aliphatic heterocycles. The molecular weight excluding hydrogens is 713 g/mol. The van der Waals surface area contributed by atoms with E-state index < -0.39 is 0 Å². The van der Waals surface area contributed by atoms with E-state index in [4.69, 9.17) is 4.98 Å². The van der Waals surface area contributed by atoms with Crippen LogP contribution in [0, 0.1) is 0 Å². The van der Waals surface area contributed by atoms with Gasteiger partial charge in [-0.05, 0) is 141 Å². The molecule has 0 unspecified atom stereocenters. The van der Waals surface area contributed by atoms with Crippen LogP contribution >= 0.6 is 0 Å². The number of fused-ring (bicyclic) bond motifs is 8. The third kappa shape index (κ3) is 5.37. The highest BCUT2D eigenvalue weighted by Crippen LogP contribution is 2.54. The fourth-order valence-corrected chi connectivity index (χ4v) is 9.80. The van der Waals surface area contributed by atoms with Crippen molar-refractivity contribution in [3.8, 4) is 55.8 Å². The lowest BCUT2D eigenvalue weighted by Crippen LogP contribution is -2.15. The largest absolute Gasteiger partial charge is 0.306 e. The molecule has 2 aromatic heterocycles.